The molecule has 2 aliphatic rings. The Balaban J connectivity index is 0.00000245. The lowest BCUT2D eigenvalue weighted by Gasteiger charge is -2.32. The van der Waals surface area contributed by atoms with Crippen molar-refractivity contribution in [3.63, 3.8) is 0 Å². The van der Waals surface area contributed by atoms with E-state index < -0.39 is 0 Å². The Labute approximate surface area is 196 Å². The average molecular weight is 448 g/mol. The van der Waals surface area contributed by atoms with E-state index in [1.54, 1.807) is 0 Å². The number of halogens is 1. The van der Waals surface area contributed by atoms with Crippen LogP contribution in [0.3, 0.4) is 0 Å². The number of hydrogen-bond donors (Lipinski definition) is 0. The monoisotopic (exact) mass is 447 g/mol. The molecule has 32 heavy (non-hydrogen) atoms. The number of hydrogen-bond acceptors (Lipinski definition) is 3. The average Bonchev–Trinajstić information content (AvgIpc) is 3.18. The van der Waals surface area contributed by atoms with Gasteiger partial charge in [-0.15, -0.1) is 12.4 Å². The van der Waals surface area contributed by atoms with Crippen LogP contribution in [0, 0.1) is 0 Å². The van der Waals surface area contributed by atoms with E-state index in [-0.39, 0.29) is 24.4 Å². The molecule has 1 atom stereocenters. The van der Waals surface area contributed by atoms with Gasteiger partial charge in [0.05, 0.1) is 17.4 Å². The molecule has 3 aromatic carbocycles. The van der Waals surface area contributed by atoms with Crippen molar-refractivity contribution in [2.45, 2.75) is 25.3 Å². The molecule has 2 heterocycles. The van der Waals surface area contributed by atoms with Gasteiger partial charge in [-0.2, -0.15) is 0 Å². The van der Waals surface area contributed by atoms with Crippen molar-refractivity contribution in [3.05, 3.63) is 89.5 Å². The molecule has 1 unspecified atom stereocenters. The van der Waals surface area contributed by atoms with Crippen LogP contribution in [0.2, 0.25) is 0 Å². The molecule has 0 saturated carbocycles. The molecule has 0 radical (unpaired) electrons. The number of para-hydroxylation sites is 3. The van der Waals surface area contributed by atoms with Crippen molar-refractivity contribution in [1.82, 2.24) is 4.90 Å². The van der Waals surface area contributed by atoms with Gasteiger partial charge in [0.25, 0.3) is 5.91 Å². The Morgan fingerprint density at radius 3 is 2.41 bits per heavy atom. The predicted molar refractivity (Wildman–Crippen MR) is 135 cm³/mol. The van der Waals surface area contributed by atoms with Crippen LogP contribution < -0.4 is 9.80 Å². The first kappa shape index (κ1) is 22.4. The van der Waals surface area contributed by atoms with E-state index in [0.29, 0.717) is 0 Å². The summed E-state index contributed by atoms with van der Waals surface area (Å²) in [5.41, 5.74) is 6.85. The summed E-state index contributed by atoms with van der Waals surface area (Å²) in [5, 5.41) is 0. The van der Waals surface area contributed by atoms with Gasteiger partial charge in [0.1, 0.15) is 0 Å². The van der Waals surface area contributed by atoms with Gasteiger partial charge in [0.15, 0.2) is 0 Å². The van der Waals surface area contributed by atoms with Gasteiger partial charge in [-0.05, 0) is 75.3 Å². The highest BCUT2D eigenvalue weighted by molar-refractivity contribution is 6.09. The van der Waals surface area contributed by atoms with Crippen LogP contribution in [0.15, 0.2) is 72.8 Å². The molecule has 0 bridgehead atoms. The second kappa shape index (κ2) is 9.35. The minimum Gasteiger partial charge on any atom is -0.339 e. The van der Waals surface area contributed by atoms with E-state index in [9.17, 15) is 4.79 Å². The highest BCUT2D eigenvalue weighted by Gasteiger charge is 2.38. The van der Waals surface area contributed by atoms with E-state index in [0.717, 1.165) is 49.3 Å². The van der Waals surface area contributed by atoms with Gasteiger partial charge in [-0.1, -0.05) is 48.5 Å². The van der Waals surface area contributed by atoms with E-state index in [2.05, 4.69) is 65.2 Å². The zero-order valence-corrected chi connectivity index (χ0v) is 19.5. The molecule has 0 N–H and O–H groups in total. The number of anilines is 3. The van der Waals surface area contributed by atoms with Crippen LogP contribution in [0.5, 0.6) is 0 Å². The molecule has 0 saturated heterocycles. The Morgan fingerprint density at radius 1 is 0.938 bits per heavy atom. The third-order valence-corrected chi connectivity index (χ3v) is 6.45. The molecule has 1 amide bonds. The zero-order chi connectivity index (χ0) is 21.4. The molecule has 0 aromatic heterocycles. The van der Waals surface area contributed by atoms with Gasteiger partial charge in [-0.3, -0.25) is 9.69 Å². The van der Waals surface area contributed by atoms with Gasteiger partial charge < -0.3 is 9.80 Å². The lowest BCUT2D eigenvalue weighted by atomic mass is 9.95. The van der Waals surface area contributed by atoms with Gasteiger partial charge in [-0.25, -0.2) is 0 Å². The minimum absolute atomic E-state index is 0. The largest absolute Gasteiger partial charge is 0.339 e. The van der Waals surface area contributed by atoms with Crippen molar-refractivity contribution in [1.29, 1.82) is 0 Å². The van der Waals surface area contributed by atoms with Gasteiger partial charge in [0.2, 0.25) is 0 Å². The summed E-state index contributed by atoms with van der Waals surface area (Å²) in [6.07, 6.45) is 3.01. The second-order valence-corrected chi connectivity index (χ2v) is 8.75. The van der Waals surface area contributed by atoms with Crippen LogP contribution in [0.1, 0.15) is 40.4 Å². The molecular weight excluding hydrogens is 418 g/mol. The van der Waals surface area contributed by atoms with Crippen LogP contribution in [0.25, 0.3) is 0 Å². The lowest BCUT2D eigenvalue weighted by Crippen LogP contribution is -2.35. The summed E-state index contributed by atoms with van der Waals surface area (Å²) in [5.74, 6) is 0.0710. The summed E-state index contributed by atoms with van der Waals surface area (Å²) in [7, 11) is 4.22. The van der Waals surface area contributed by atoms with E-state index in [1.165, 1.54) is 16.8 Å². The number of carbonyl (C=O) groups is 1. The molecule has 5 rings (SSSR count). The first-order chi connectivity index (χ1) is 15.1. The maximum atomic E-state index is 13.9. The normalized spacial score (nSPS) is 16.3. The number of rotatable bonds is 5. The van der Waals surface area contributed by atoms with Crippen molar-refractivity contribution in [2.24, 2.45) is 0 Å². The molecule has 0 spiro atoms. The summed E-state index contributed by atoms with van der Waals surface area (Å²) in [6, 6.07) is 24.7. The van der Waals surface area contributed by atoms with E-state index in [4.69, 9.17) is 0 Å². The summed E-state index contributed by atoms with van der Waals surface area (Å²) < 4.78 is 0. The quantitative estimate of drug-likeness (QED) is 0.491. The molecule has 5 heteroatoms. The third kappa shape index (κ3) is 3.89. The number of carbonyl (C=O) groups excluding carboxylic acids is 1. The van der Waals surface area contributed by atoms with Crippen LogP contribution >= 0.6 is 12.4 Å². The number of nitrogens with zero attached hydrogens (tertiary/aromatic N) is 3. The SMILES string of the molecule is CN(C)CCCC1c2cccc3c2N(CC3)c2ccccc2N1C(=O)c1ccccc1.Cl. The zero-order valence-electron chi connectivity index (χ0n) is 18.7. The number of benzene rings is 3. The molecule has 166 valence electrons. The van der Waals surface area contributed by atoms with Gasteiger partial charge >= 0.3 is 0 Å². The fraction of sp³-hybridized carbons (Fsp3) is 0.296. The number of fused-ring (bicyclic) bond motifs is 2. The van der Waals surface area contributed by atoms with Crippen molar-refractivity contribution >= 4 is 35.4 Å². The Morgan fingerprint density at radius 2 is 1.66 bits per heavy atom. The topological polar surface area (TPSA) is 26.8 Å². The minimum atomic E-state index is 0. The molecule has 2 aliphatic heterocycles. The van der Waals surface area contributed by atoms with Crippen LogP contribution in [-0.4, -0.2) is 38.0 Å². The number of amides is 1. The molecular formula is C27H30ClN3O. The fourth-order valence-corrected chi connectivity index (χ4v) is 5.06. The molecule has 0 fully saturated rings. The third-order valence-electron chi connectivity index (χ3n) is 6.45. The van der Waals surface area contributed by atoms with Crippen LogP contribution in [-0.2, 0) is 6.42 Å². The Kier molecular flexibility index (Phi) is 6.54. The summed E-state index contributed by atoms with van der Waals surface area (Å²) in [6.45, 7) is 1.96. The first-order valence-electron chi connectivity index (χ1n) is 11.2. The standard InChI is InChI=1S/C27H29N3O.ClH/c1-28(2)18-9-16-23-22-13-8-12-20-17-19-29(26(20)22)24-14-6-7-15-25(24)30(23)27(31)21-10-4-3-5-11-21;/h3-8,10-15,23H,9,16-19H2,1-2H3;1H. The van der Waals surface area contributed by atoms with Crippen molar-refractivity contribution in [3.8, 4) is 0 Å². The van der Waals surface area contributed by atoms with Crippen molar-refractivity contribution < 1.29 is 4.79 Å². The van der Waals surface area contributed by atoms with Crippen molar-refractivity contribution in [2.75, 3.05) is 37.0 Å². The van der Waals surface area contributed by atoms with E-state index >= 15 is 0 Å². The summed E-state index contributed by atoms with van der Waals surface area (Å²) >= 11 is 0. The second-order valence-electron chi connectivity index (χ2n) is 8.75. The first-order valence-corrected chi connectivity index (χ1v) is 11.2. The van der Waals surface area contributed by atoms with Gasteiger partial charge in [0, 0.05) is 17.8 Å². The molecule has 3 aromatic rings. The highest BCUT2D eigenvalue weighted by Crippen LogP contribution is 2.50. The Hall–Kier alpha value is -2.82. The fourth-order valence-electron chi connectivity index (χ4n) is 5.06. The van der Waals surface area contributed by atoms with E-state index in [1.807, 2.05) is 36.4 Å². The molecule has 4 nitrogen and oxygen atoms in total. The lowest BCUT2D eigenvalue weighted by molar-refractivity contribution is 0.0974. The smallest absolute Gasteiger partial charge is 0.258 e. The highest BCUT2D eigenvalue weighted by atomic mass is 35.5. The predicted octanol–water partition coefficient (Wildman–Crippen LogP) is 5.85. The van der Waals surface area contributed by atoms with Crippen LogP contribution in [0.4, 0.5) is 17.1 Å². The Bertz CT molecular complexity index is 1100. The molecule has 0 aliphatic carbocycles. The summed E-state index contributed by atoms with van der Waals surface area (Å²) in [4.78, 5) is 20.6. The maximum absolute atomic E-state index is 13.9. The maximum Gasteiger partial charge on any atom is 0.258 e.